The number of fused-ring (bicyclic) bond motifs is 2. The molecule has 4 rings (SSSR count). The Balaban J connectivity index is 1.59. The highest BCUT2D eigenvalue weighted by molar-refractivity contribution is 9.10. The summed E-state index contributed by atoms with van der Waals surface area (Å²) in [6.45, 7) is 3.09. The number of oxazole rings is 1. The number of benzene rings is 1. The minimum atomic E-state index is 0.732. The van der Waals surface area contributed by atoms with Crippen molar-refractivity contribution in [2.75, 3.05) is 5.73 Å². The molecule has 0 radical (unpaired) electrons. The SMILES string of the molecule is CCc1nc2c(N)c(CCc3nc4n(c3Br)CCCC4)ccc2o1. The van der Waals surface area contributed by atoms with Crippen LogP contribution in [0.3, 0.4) is 0 Å². The topological polar surface area (TPSA) is 69.9 Å². The van der Waals surface area contributed by atoms with E-state index in [0.29, 0.717) is 0 Å². The van der Waals surface area contributed by atoms with Gasteiger partial charge < -0.3 is 14.7 Å². The van der Waals surface area contributed by atoms with Crippen LogP contribution in [0.4, 0.5) is 5.69 Å². The van der Waals surface area contributed by atoms with Gasteiger partial charge in [-0.2, -0.15) is 0 Å². The van der Waals surface area contributed by atoms with Crippen molar-refractivity contribution in [1.29, 1.82) is 0 Å². The van der Waals surface area contributed by atoms with E-state index in [4.69, 9.17) is 15.1 Å². The van der Waals surface area contributed by atoms with Gasteiger partial charge in [0.15, 0.2) is 11.5 Å². The number of nitrogens with zero attached hydrogens (tertiary/aromatic N) is 3. The molecule has 0 unspecified atom stereocenters. The summed E-state index contributed by atoms with van der Waals surface area (Å²) < 4.78 is 9.11. The molecule has 0 spiro atoms. The van der Waals surface area contributed by atoms with E-state index >= 15 is 0 Å². The molecule has 2 N–H and O–H groups in total. The van der Waals surface area contributed by atoms with Crippen LogP contribution in [0, 0.1) is 0 Å². The molecule has 126 valence electrons. The number of aromatic nitrogens is 3. The van der Waals surface area contributed by atoms with E-state index in [1.165, 1.54) is 18.7 Å². The van der Waals surface area contributed by atoms with Crippen LogP contribution in [0.2, 0.25) is 0 Å². The van der Waals surface area contributed by atoms with E-state index in [2.05, 4.69) is 25.5 Å². The minimum Gasteiger partial charge on any atom is -0.441 e. The minimum absolute atomic E-state index is 0.732. The van der Waals surface area contributed by atoms with Crippen molar-refractivity contribution in [3.05, 3.63) is 39.7 Å². The zero-order valence-corrected chi connectivity index (χ0v) is 15.4. The molecule has 0 aliphatic carbocycles. The Morgan fingerprint density at radius 3 is 2.92 bits per heavy atom. The fraction of sp³-hybridized carbons (Fsp3) is 0.444. The van der Waals surface area contributed by atoms with E-state index in [0.717, 1.165) is 70.8 Å². The summed E-state index contributed by atoms with van der Waals surface area (Å²) in [4.78, 5) is 9.31. The molecule has 0 atom stereocenters. The van der Waals surface area contributed by atoms with Gasteiger partial charge in [-0.25, -0.2) is 9.97 Å². The number of imidazole rings is 1. The van der Waals surface area contributed by atoms with Crippen molar-refractivity contribution in [3.8, 4) is 0 Å². The van der Waals surface area contributed by atoms with Gasteiger partial charge in [0, 0.05) is 19.4 Å². The van der Waals surface area contributed by atoms with Crippen molar-refractivity contribution in [2.24, 2.45) is 0 Å². The van der Waals surface area contributed by atoms with E-state index in [1.807, 2.05) is 19.1 Å². The quantitative estimate of drug-likeness (QED) is 0.684. The first-order chi connectivity index (χ1) is 11.7. The molecule has 1 aliphatic rings. The largest absolute Gasteiger partial charge is 0.441 e. The fourth-order valence-electron chi connectivity index (χ4n) is 3.39. The molecule has 2 aromatic heterocycles. The zero-order valence-electron chi connectivity index (χ0n) is 13.8. The second-order valence-electron chi connectivity index (χ2n) is 6.32. The fourth-order valence-corrected chi connectivity index (χ4v) is 4.05. The second kappa shape index (κ2) is 6.24. The summed E-state index contributed by atoms with van der Waals surface area (Å²) in [5.41, 5.74) is 10.8. The van der Waals surface area contributed by atoms with Gasteiger partial charge >= 0.3 is 0 Å². The van der Waals surface area contributed by atoms with E-state index in [1.54, 1.807) is 0 Å². The normalized spacial score (nSPS) is 14.2. The summed E-state index contributed by atoms with van der Waals surface area (Å²) >= 11 is 3.72. The average molecular weight is 389 g/mol. The number of halogens is 1. The van der Waals surface area contributed by atoms with Gasteiger partial charge in [-0.05, 0) is 53.2 Å². The smallest absolute Gasteiger partial charge is 0.195 e. The van der Waals surface area contributed by atoms with Gasteiger partial charge in [0.05, 0.1) is 11.4 Å². The predicted octanol–water partition coefficient (Wildman–Crippen LogP) is 4.05. The highest BCUT2D eigenvalue weighted by Gasteiger charge is 2.18. The molecule has 3 heterocycles. The molecular formula is C18H21BrN4O. The number of anilines is 1. The van der Waals surface area contributed by atoms with Gasteiger partial charge in [0.2, 0.25) is 0 Å². The lowest BCUT2D eigenvalue weighted by molar-refractivity contribution is 0.516. The van der Waals surface area contributed by atoms with Crippen LogP contribution in [0.15, 0.2) is 21.2 Å². The van der Waals surface area contributed by atoms with Crippen LogP contribution in [-0.4, -0.2) is 14.5 Å². The Morgan fingerprint density at radius 2 is 2.12 bits per heavy atom. The van der Waals surface area contributed by atoms with Crippen molar-refractivity contribution in [2.45, 2.75) is 52.0 Å². The molecule has 6 heteroatoms. The average Bonchev–Trinajstić information content (AvgIpc) is 3.17. The second-order valence-corrected chi connectivity index (χ2v) is 7.07. The summed E-state index contributed by atoms with van der Waals surface area (Å²) in [5.74, 6) is 1.94. The molecule has 0 saturated heterocycles. The lowest BCUT2D eigenvalue weighted by atomic mass is 10.1. The third-order valence-corrected chi connectivity index (χ3v) is 5.64. The van der Waals surface area contributed by atoms with Crippen LogP contribution >= 0.6 is 15.9 Å². The summed E-state index contributed by atoms with van der Waals surface area (Å²) in [6, 6.07) is 4.02. The molecule has 1 aliphatic heterocycles. The Hall–Kier alpha value is -1.82. The Labute approximate surface area is 149 Å². The number of aryl methyl sites for hydroxylation is 4. The molecule has 0 saturated carbocycles. The van der Waals surface area contributed by atoms with E-state index in [9.17, 15) is 0 Å². The zero-order chi connectivity index (χ0) is 16.7. The van der Waals surface area contributed by atoms with Crippen molar-refractivity contribution in [3.63, 3.8) is 0 Å². The standard InChI is InChI=1S/C18H21BrN4O/c1-2-15-22-17-13(24-15)9-7-11(16(17)20)6-8-12-18(19)23-10-4-3-5-14(23)21-12/h7,9H,2-6,8,10,20H2,1H3. The summed E-state index contributed by atoms with van der Waals surface area (Å²) in [7, 11) is 0. The first-order valence-corrected chi connectivity index (χ1v) is 9.37. The summed E-state index contributed by atoms with van der Waals surface area (Å²) in [6.07, 6.45) is 6.04. The Bertz CT molecular complexity index is 896. The maximum absolute atomic E-state index is 6.33. The number of hydrogen-bond acceptors (Lipinski definition) is 4. The molecule has 1 aromatic carbocycles. The predicted molar refractivity (Wildman–Crippen MR) is 98.1 cm³/mol. The molecule has 5 nitrogen and oxygen atoms in total. The number of hydrogen-bond donors (Lipinski definition) is 1. The van der Waals surface area contributed by atoms with Gasteiger partial charge in [-0.3, -0.25) is 0 Å². The summed E-state index contributed by atoms with van der Waals surface area (Å²) in [5, 5.41) is 0. The number of nitrogen functional groups attached to an aromatic ring is 1. The van der Waals surface area contributed by atoms with Crippen molar-refractivity contribution < 1.29 is 4.42 Å². The first-order valence-electron chi connectivity index (χ1n) is 8.58. The van der Waals surface area contributed by atoms with Crippen LogP contribution in [-0.2, 0) is 32.2 Å². The van der Waals surface area contributed by atoms with Crippen LogP contribution in [0.1, 0.15) is 42.7 Å². The third-order valence-electron chi connectivity index (χ3n) is 4.75. The highest BCUT2D eigenvalue weighted by atomic mass is 79.9. The number of nitrogens with two attached hydrogens (primary N) is 1. The lowest BCUT2D eigenvalue weighted by Gasteiger charge is -2.13. The van der Waals surface area contributed by atoms with Crippen molar-refractivity contribution >= 4 is 32.7 Å². The van der Waals surface area contributed by atoms with Crippen LogP contribution in [0.25, 0.3) is 11.1 Å². The van der Waals surface area contributed by atoms with Gasteiger partial charge in [0.1, 0.15) is 15.9 Å². The number of rotatable bonds is 4. The van der Waals surface area contributed by atoms with Gasteiger partial charge in [-0.15, -0.1) is 0 Å². The molecule has 0 bridgehead atoms. The Kier molecular flexibility index (Phi) is 4.08. The maximum Gasteiger partial charge on any atom is 0.195 e. The van der Waals surface area contributed by atoms with Gasteiger partial charge in [0.25, 0.3) is 0 Å². The van der Waals surface area contributed by atoms with Gasteiger partial charge in [-0.1, -0.05) is 13.0 Å². The van der Waals surface area contributed by atoms with Crippen molar-refractivity contribution in [1.82, 2.24) is 14.5 Å². The third kappa shape index (κ3) is 2.62. The van der Waals surface area contributed by atoms with Crippen LogP contribution < -0.4 is 5.73 Å². The Morgan fingerprint density at radius 1 is 1.25 bits per heavy atom. The highest BCUT2D eigenvalue weighted by Crippen LogP contribution is 2.29. The molecule has 0 fully saturated rings. The lowest BCUT2D eigenvalue weighted by Crippen LogP contribution is -2.10. The van der Waals surface area contributed by atoms with E-state index in [-0.39, 0.29) is 0 Å². The molecule has 3 aromatic rings. The van der Waals surface area contributed by atoms with E-state index < -0.39 is 0 Å². The maximum atomic E-state index is 6.33. The molecular weight excluding hydrogens is 368 g/mol. The molecule has 0 amide bonds. The van der Waals surface area contributed by atoms with Crippen LogP contribution in [0.5, 0.6) is 0 Å². The first kappa shape index (κ1) is 15.7. The molecule has 24 heavy (non-hydrogen) atoms. The monoisotopic (exact) mass is 388 g/mol.